The summed E-state index contributed by atoms with van der Waals surface area (Å²) in [7, 11) is 3.37. The van der Waals surface area contributed by atoms with Crippen LogP contribution >= 0.6 is 15.9 Å². The van der Waals surface area contributed by atoms with Crippen molar-refractivity contribution in [3.8, 4) is 11.5 Å². The van der Waals surface area contributed by atoms with Crippen LogP contribution in [0.4, 0.5) is 0 Å². The van der Waals surface area contributed by atoms with Gasteiger partial charge in [-0.1, -0.05) is 12.5 Å². The van der Waals surface area contributed by atoms with E-state index < -0.39 is 0 Å². The summed E-state index contributed by atoms with van der Waals surface area (Å²) in [5.41, 5.74) is 1.23. The van der Waals surface area contributed by atoms with Gasteiger partial charge in [0.15, 0.2) is 0 Å². The van der Waals surface area contributed by atoms with Crippen molar-refractivity contribution in [3.63, 3.8) is 0 Å². The maximum absolute atomic E-state index is 5.51. The van der Waals surface area contributed by atoms with E-state index in [0.29, 0.717) is 6.04 Å². The Balaban J connectivity index is 2.18. The maximum Gasteiger partial charge on any atom is 0.140 e. The highest BCUT2D eigenvalue weighted by Gasteiger charge is 2.18. The number of piperidine rings is 1. The lowest BCUT2D eigenvalue weighted by Crippen LogP contribution is -2.35. The van der Waals surface area contributed by atoms with Gasteiger partial charge in [-0.25, -0.2) is 0 Å². The second-order valence-electron chi connectivity index (χ2n) is 4.63. The highest BCUT2D eigenvalue weighted by Crippen LogP contribution is 2.37. The molecule has 0 spiro atoms. The van der Waals surface area contributed by atoms with Crippen molar-refractivity contribution >= 4 is 15.9 Å². The number of benzene rings is 1. The summed E-state index contributed by atoms with van der Waals surface area (Å²) in [4.78, 5) is 0. The van der Waals surface area contributed by atoms with Gasteiger partial charge in [0.1, 0.15) is 16.0 Å². The van der Waals surface area contributed by atoms with Crippen molar-refractivity contribution in [2.45, 2.75) is 31.7 Å². The molecule has 1 aliphatic heterocycles. The fraction of sp³-hybridized carbons (Fsp3) is 0.571. The SMILES string of the molecule is COc1ccc(CC2CCCCN2)c(OC)c1Br. The van der Waals surface area contributed by atoms with Crippen LogP contribution < -0.4 is 14.8 Å². The van der Waals surface area contributed by atoms with Gasteiger partial charge >= 0.3 is 0 Å². The second kappa shape index (κ2) is 6.43. The molecule has 1 fully saturated rings. The Morgan fingerprint density at radius 1 is 1.28 bits per heavy atom. The Bertz CT molecular complexity index is 403. The monoisotopic (exact) mass is 313 g/mol. The highest BCUT2D eigenvalue weighted by molar-refractivity contribution is 9.10. The third-order valence-electron chi connectivity index (χ3n) is 3.45. The average Bonchev–Trinajstić information content (AvgIpc) is 2.40. The highest BCUT2D eigenvalue weighted by atomic mass is 79.9. The van der Waals surface area contributed by atoms with Crippen molar-refractivity contribution in [3.05, 3.63) is 22.2 Å². The molecule has 1 aliphatic rings. The summed E-state index contributed by atoms with van der Waals surface area (Å²) < 4.78 is 11.7. The van der Waals surface area contributed by atoms with E-state index in [0.717, 1.165) is 28.9 Å². The smallest absolute Gasteiger partial charge is 0.140 e. The zero-order valence-corrected chi connectivity index (χ0v) is 12.5. The fourth-order valence-corrected chi connectivity index (χ4v) is 3.19. The minimum Gasteiger partial charge on any atom is -0.495 e. The van der Waals surface area contributed by atoms with Gasteiger partial charge in [-0.2, -0.15) is 0 Å². The molecule has 0 aliphatic carbocycles. The first-order chi connectivity index (χ1) is 8.76. The van der Waals surface area contributed by atoms with E-state index >= 15 is 0 Å². The van der Waals surface area contributed by atoms with Crippen molar-refractivity contribution < 1.29 is 9.47 Å². The molecule has 0 aromatic heterocycles. The summed E-state index contributed by atoms with van der Waals surface area (Å²) in [5, 5.41) is 3.56. The fourth-order valence-electron chi connectivity index (χ4n) is 2.48. The Labute approximate surface area is 117 Å². The average molecular weight is 314 g/mol. The van der Waals surface area contributed by atoms with Crippen molar-refractivity contribution in [1.29, 1.82) is 0 Å². The van der Waals surface area contributed by atoms with Crippen molar-refractivity contribution in [2.24, 2.45) is 0 Å². The Kier molecular flexibility index (Phi) is 4.89. The van der Waals surface area contributed by atoms with Crippen molar-refractivity contribution in [1.82, 2.24) is 5.32 Å². The van der Waals surface area contributed by atoms with E-state index in [1.54, 1.807) is 14.2 Å². The van der Waals surface area contributed by atoms with Crippen LogP contribution in [0, 0.1) is 0 Å². The van der Waals surface area contributed by atoms with Crippen molar-refractivity contribution in [2.75, 3.05) is 20.8 Å². The number of halogens is 1. The molecule has 100 valence electrons. The molecule has 1 aromatic carbocycles. The maximum atomic E-state index is 5.51. The predicted octanol–water partition coefficient (Wildman–Crippen LogP) is 3.15. The van der Waals surface area contributed by atoms with Gasteiger partial charge in [0.05, 0.1) is 14.2 Å². The third-order valence-corrected chi connectivity index (χ3v) is 4.20. The van der Waals surface area contributed by atoms with Gasteiger partial charge in [-0.15, -0.1) is 0 Å². The summed E-state index contributed by atoms with van der Waals surface area (Å²) in [6.07, 6.45) is 4.86. The van der Waals surface area contributed by atoms with E-state index in [2.05, 4.69) is 27.3 Å². The lowest BCUT2D eigenvalue weighted by molar-refractivity contribution is 0.372. The van der Waals surface area contributed by atoms with Crippen LogP contribution in [-0.2, 0) is 6.42 Å². The Morgan fingerprint density at radius 2 is 2.11 bits per heavy atom. The zero-order valence-electron chi connectivity index (χ0n) is 11.0. The summed E-state index contributed by atoms with van der Waals surface area (Å²) in [6.45, 7) is 1.13. The molecule has 1 heterocycles. The van der Waals surface area contributed by atoms with Crippen LogP contribution in [0.5, 0.6) is 11.5 Å². The first kappa shape index (κ1) is 13.7. The molecule has 1 saturated heterocycles. The van der Waals surface area contributed by atoms with Gasteiger partial charge in [0.2, 0.25) is 0 Å². The number of hydrogen-bond acceptors (Lipinski definition) is 3. The minimum atomic E-state index is 0.563. The molecule has 1 unspecified atom stereocenters. The van der Waals surface area contributed by atoms with Gasteiger partial charge in [-0.05, 0) is 53.4 Å². The predicted molar refractivity (Wildman–Crippen MR) is 76.6 cm³/mol. The molecule has 0 saturated carbocycles. The summed E-state index contributed by atoms with van der Waals surface area (Å²) in [5.74, 6) is 1.70. The van der Waals surface area contributed by atoms with E-state index in [1.807, 2.05) is 6.07 Å². The molecular formula is C14H20BrNO2. The van der Waals surface area contributed by atoms with Crippen LogP contribution in [0.3, 0.4) is 0 Å². The molecule has 3 nitrogen and oxygen atoms in total. The third kappa shape index (κ3) is 2.98. The molecular weight excluding hydrogens is 294 g/mol. The van der Waals surface area contributed by atoms with E-state index in [9.17, 15) is 0 Å². The normalized spacial score (nSPS) is 19.6. The number of rotatable bonds is 4. The largest absolute Gasteiger partial charge is 0.495 e. The van der Waals surface area contributed by atoms with E-state index in [-0.39, 0.29) is 0 Å². The molecule has 0 amide bonds. The number of methoxy groups -OCH3 is 2. The molecule has 2 rings (SSSR count). The first-order valence-electron chi connectivity index (χ1n) is 6.39. The van der Waals surface area contributed by atoms with Crippen LogP contribution in [0.1, 0.15) is 24.8 Å². The number of ether oxygens (including phenoxy) is 2. The molecule has 1 atom stereocenters. The number of nitrogens with one attached hydrogen (secondary N) is 1. The Morgan fingerprint density at radius 3 is 2.72 bits per heavy atom. The molecule has 4 heteroatoms. The van der Waals surface area contributed by atoms with Gasteiger partial charge in [0.25, 0.3) is 0 Å². The summed E-state index contributed by atoms with van der Waals surface area (Å²) >= 11 is 3.55. The minimum absolute atomic E-state index is 0.563. The topological polar surface area (TPSA) is 30.5 Å². The van der Waals surface area contributed by atoms with Crippen LogP contribution in [0.15, 0.2) is 16.6 Å². The van der Waals surface area contributed by atoms with E-state index in [1.165, 1.54) is 24.8 Å². The first-order valence-corrected chi connectivity index (χ1v) is 7.18. The van der Waals surface area contributed by atoms with Gasteiger partial charge in [-0.3, -0.25) is 0 Å². The molecule has 1 aromatic rings. The second-order valence-corrected chi connectivity index (χ2v) is 5.42. The zero-order chi connectivity index (χ0) is 13.0. The van der Waals surface area contributed by atoms with Crippen LogP contribution in [0.25, 0.3) is 0 Å². The molecule has 18 heavy (non-hydrogen) atoms. The Hall–Kier alpha value is -0.740. The lowest BCUT2D eigenvalue weighted by atomic mass is 9.97. The quantitative estimate of drug-likeness (QED) is 0.926. The van der Waals surface area contributed by atoms with Crippen LogP contribution in [0.2, 0.25) is 0 Å². The van der Waals surface area contributed by atoms with E-state index in [4.69, 9.17) is 9.47 Å². The number of hydrogen-bond donors (Lipinski definition) is 1. The van der Waals surface area contributed by atoms with Gasteiger partial charge in [0, 0.05) is 6.04 Å². The molecule has 0 radical (unpaired) electrons. The lowest BCUT2D eigenvalue weighted by Gasteiger charge is -2.24. The molecule has 1 N–H and O–H groups in total. The molecule has 0 bridgehead atoms. The summed E-state index contributed by atoms with van der Waals surface area (Å²) in [6, 6.07) is 4.65. The standard InChI is InChI=1S/C14H20BrNO2/c1-17-12-7-6-10(14(18-2)13(12)15)9-11-5-3-4-8-16-11/h6-7,11,16H,3-5,8-9H2,1-2H3. The van der Waals surface area contributed by atoms with Gasteiger partial charge < -0.3 is 14.8 Å². The van der Waals surface area contributed by atoms with Crippen LogP contribution in [-0.4, -0.2) is 26.8 Å².